The zero-order valence-corrected chi connectivity index (χ0v) is 12.5. The van der Waals surface area contributed by atoms with E-state index in [0.717, 1.165) is 6.42 Å². The van der Waals surface area contributed by atoms with Crippen LogP contribution in [-0.4, -0.2) is 45.6 Å². The van der Waals surface area contributed by atoms with Crippen LogP contribution in [-0.2, 0) is 14.9 Å². The minimum atomic E-state index is -3.32. The molecule has 1 aliphatic rings. The van der Waals surface area contributed by atoms with E-state index in [9.17, 15) is 8.42 Å². The second-order valence-electron chi connectivity index (χ2n) is 4.98. The lowest BCUT2D eigenvalue weighted by molar-refractivity contribution is -0.00184. The third-order valence-electron chi connectivity index (χ3n) is 3.61. The first-order valence-corrected chi connectivity index (χ1v) is 8.24. The lowest BCUT2D eigenvalue weighted by Gasteiger charge is -2.28. The molecule has 18 heavy (non-hydrogen) atoms. The lowest BCUT2D eigenvalue weighted by Crippen LogP contribution is -2.40. The first-order chi connectivity index (χ1) is 8.47. The van der Waals surface area contributed by atoms with Gasteiger partial charge in [-0.25, -0.2) is 0 Å². The van der Waals surface area contributed by atoms with Gasteiger partial charge in [-0.2, -0.15) is 17.4 Å². The summed E-state index contributed by atoms with van der Waals surface area (Å²) in [6, 6.07) is 0. The predicted molar refractivity (Wildman–Crippen MR) is 72.6 cm³/mol. The number of rotatable bonds is 7. The zero-order valence-electron chi connectivity index (χ0n) is 11.7. The summed E-state index contributed by atoms with van der Waals surface area (Å²) in [6.45, 7) is 5.27. The highest BCUT2D eigenvalue weighted by atomic mass is 32.2. The van der Waals surface area contributed by atoms with Gasteiger partial charge in [0.05, 0.1) is 12.7 Å². The highest BCUT2D eigenvalue weighted by Gasteiger charge is 2.22. The summed E-state index contributed by atoms with van der Waals surface area (Å²) in [5.74, 6) is 0.591. The van der Waals surface area contributed by atoms with E-state index >= 15 is 0 Å². The van der Waals surface area contributed by atoms with Gasteiger partial charge < -0.3 is 4.74 Å². The van der Waals surface area contributed by atoms with Gasteiger partial charge in [0, 0.05) is 20.1 Å². The maximum atomic E-state index is 11.6. The molecule has 0 bridgehead atoms. The van der Waals surface area contributed by atoms with E-state index in [2.05, 4.69) is 11.6 Å². The number of hydrogen-bond donors (Lipinski definition) is 1. The number of ether oxygens (including phenoxy) is 1. The van der Waals surface area contributed by atoms with Gasteiger partial charge in [0.25, 0.3) is 10.2 Å². The zero-order chi connectivity index (χ0) is 13.6. The van der Waals surface area contributed by atoms with E-state index in [1.807, 2.05) is 0 Å². The average molecular weight is 278 g/mol. The number of nitrogens with zero attached hydrogens (tertiary/aromatic N) is 1. The monoisotopic (exact) mass is 278 g/mol. The third kappa shape index (κ3) is 4.84. The third-order valence-corrected chi connectivity index (χ3v) is 5.25. The second kappa shape index (κ2) is 7.43. The fourth-order valence-electron chi connectivity index (χ4n) is 2.19. The summed E-state index contributed by atoms with van der Waals surface area (Å²) in [7, 11) is -1.76. The first-order valence-electron chi connectivity index (χ1n) is 6.80. The number of nitrogens with one attached hydrogen (secondary N) is 1. The first kappa shape index (κ1) is 15.9. The molecule has 0 saturated heterocycles. The highest BCUT2D eigenvalue weighted by Crippen LogP contribution is 2.25. The molecule has 108 valence electrons. The molecule has 1 rings (SSSR count). The van der Waals surface area contributed by atoms with Crippen LogP contribution in [0.4, 0.5) is 0 Å². The molecule has 0 amide bonds. The van der Waals surface area contributed by atoms with Gasteiger partial charge in [-0.3, -0.25) is 0 Å². The molecule has 6 heteroatoms. The smallest absolute Gasteiger partial charge is 0.279 e. The van der Waals surface area contributed by atoms with Crippen molar-refractivity contribution in [1.82, 2.24) is 9.03 Å². The van der Waals surface area contributed by atoms with Gasteiger partial charge >= 0.3 is 0 Å². The molecule has 0 aliphatic heterocycles. The van der Waals surface area contributed by atoms with Crippen LogP contribution < -0.4 is 4.72 Å². The maximum Gasteiger partial charge on any atom is 0.279 e. The normalized spacial score (nSPS) is 25.6. The van der Waals surface area contributed by atoms with Crippen LogP contribution in [0, 0.1) is 5.92 Å². The SMILES string of the molecule is CCN(C)S(=O)(=O)NCCO[C@H]1CCCC[C@@H]1C. The van der Waals surface area contributed by atoms with Crippen LogP contribution >= 0.6 is 0 Å². The molecule has 1 N–H and O–H groups in total. The van der Waals surface area contributed by atoms with Crippen molar-refractivity contribution in [2.24, 2.45) is 5.92 Å². The van der Waals surface area contributed by atoms with Gasteiger partial charge in [-0.1, -0.05) is 26.7 Å². The van der Waals surface area contributed by atoms with Gasteiger partial charge in [-0.15, -0.1) is 0 Å². The van der Waals surface area contributed by atoms with Crippen molar-refractivity contribution >= 4 is 10.2 Å². The van der Waals surface area contributed by atoms with Crippen LogP contribution in [0.5, 0.6) is 0 Å². The Labute approximate surface area is 111 Å². The Bertz CT molecular complexity index is 332. The Morgan fingerprint density at radius 2 is 2.00 bits per heavy atom. The lowest BCUT2D eigenvalue weighted by atomic mass is 9.88. The fraction of sp³-hybridized carbons (Fsp3) is 1.00. The summed E-state index contributed by atoms with van der Waals surface area (Å²) in [5.41, 5.74) is 0. The van der Waals surface area contributed by atoms with Gasteiger partial charge in [0.2, 0.25) is 0 Å². The Morgan fingerprint density at radius 1 is 1.33 bits per heavy atom. The van der Waals surface area contributed by atoms with Crippen LogP contribution in [0.1, 0.15) is 39.5 Å². The van der Waals surface area contributed by atoms with Crippen molar-refractivity contribution in [3.63, 3.8) is 0 Å². The minimum Gasteiger partial charge on any atom is -0.377 e. The van der Waals surface area contributed by atoms with Gasteiger partial charge in [0.15, 0.2) is 0 Å². The Hall–Kier alpha value is -0.170. The van der Waals surface area contributed by atoms with Crippen molar-refractivity contribution in [1.29, 1.82) is 0 Å². The molecule has 0 radical (unpaired) electrons. The summed E-state index contributed by atoms with van der Waals surface area (Å²) >= 11 is 0. The largest absolute Gasteiger partial charge is 0.377 e. The van der Waals surface area contributed by atoms with Crippen LogP contribution in [0.3, 0.4) is 0 Å². The van der Waals surface area contributed by atoms with Gasteiger partial charge in [0.1, 0.15) is 0 Å². The molecule has 0 heterocycles. The molecule has 1 saturated carbocycles. The van der Waals surface area contributed by atoms with Crippen LogP contribution in [0.2, 0.25) is 0 Å². The van der Waals surface area contributed by atoms with E-state index in [0.29, 0.717) is 31.7 Å². The Morgan fingerprint density at radius 3 is 2.61 bits per heavy atom. The van der Waals surface area contributed by atoms with E-state index in [-0.39, 0.29) is 0 Å². The van der Waals surface area contributed by atoms with Crippen molar-refractivity contribution in [3.05, 3.63) is 0 Å². The quantitative estimate of drug-likeness (QED) is 0.716. The summed E-state index contributed by atoms with van der Waals surface area (Å²) in [4.78, 5) is 0. The molecule has 1 fully saturated rings. The molecule has 0 aromatic rings. The predicted octanol–water partition coefficient (Wildman–Crippen LogP) is 1.37. The second-order valence-corrected chi connectivity index (χ2v) is 6.85. The summed E-state index contributed by atoms with van der Waals surface area (Å²) < 4.78 is 32.9. The standard InChI is InChI=1S/C12H26N2O3S/c1-4-14(3)18(15,16)13-9-10-17-12-8-6-5-7-11(12)2/h11-13H,4-10H2,1-3H3/t11-,12-/m0/s1. The molecular formula is C12H26N2O3S. The Kier molecular flexibility index (Phi) is 6.55. The van der Waals surface area contributed by atoms with E-state index in [1.54, 1.807) is 14.0 Å². The minimum absolute atomic E-state index is 0.298. The summed E-state index contributed by atoms with van der Waals surface area (Å²) in [5, 5.41) is 0. The average Bonchev–Trinajstić information content (AvgIpc) is 2.35. The molecule has 1 aliphatic carbocycles. The maximum absolute atomic E-state index is 11.6. The molecule has 2 atom stereocenters. The fourth-order valence-corrected chi connectivity index (χ4v) is 3.09. The highest BCUT2D eigenvalue weighted by molar-refractivity contribution is 7.87. The van der Waals surface area contributed by atoms with Crippen molar-refractivity contribution in [2.45, 2.75) is 45.6 Å². The molecule has 0 aromatic heterocycles. The topological polar surface area (TPSA) is 58.6 Å². The number of hydrogen-bond acceptors (Lipinski definition) is 3. The molecular weight excluding hydrogens is 252 g/mol. The summed E-state index contributed by atoms with van der Waals surface area (Å²) in [6.07, 6.45) is 5.12. The van der Waals surface area contributed by atoms with Crippen molar-refractivity contribution in [2.75, 3.05) is 26.7 Å². The molecule has 5 nitrogen and oxygen atoms in total. The van der Waals surface area contributed by atoms with Crippen molar-refractivity contribution < 1.29 is 13.2 Å². The van der Waals surface area contributed by atoms with E-state index < -0.39 is 10.2 Å². The van der Waals surface area contributed by atoms with Crippen LogP contribution in [0.25, 0.3) is 0 Å². The van der Waals surface area contributed by atoms with Gasteiger partial charge in [-0.05, 0) is 18.8 Å². The Balaban J connectivity index is 2.22. The molecule has 0 spiro atoms. The molecule has 0 unspecified atom stereocenters. The van der Waals surface area contributed by atoms with Crippen LogP contribution in [0.15, 0.2) is 0 Å². The van der Waals surface area contributed by atoms with E-state index in [4.69, 9.17) is 4.74 Å². The molecule has 0 aromatic carbocycles. The van der Waals surface area contributed by atoms with Crippen molar-refractivity contribution in [3.8, 4) is 0 Å². The van der Waals surface area contributed by atoms with E-state index in [1.165, 1.54) is 23.6 Å².